The summed E-state index contributed by atoms with van der Waals surface area (Å²) in [5.41, 5.74) is 1.25. The van der Waals surface area contributed by atoms with Crippen LogP contribution in [0.5, 0.6) is 0 Å². The Morgan fingerprint density at radius 1 is 1.42 bits per heavy atom. The van der Waals surface area contributed by atoms with Crippen molar-refractivity contribution in [3.63, 3.8) is 0 Å². The van der Waals surface area contributed by atoms with Gasteiger partial charge >= 0.3 is 0 Å². The maximum atomic E-state index is 12.4. The second kappa shape index (κ2) is 6.92. The van der Waals surface area contributed by atoms with E-state index >= 15 is 0 Å². The zero-order valence-corrected chi connectivity index (χ0v) is 14.7. The van der Waals surface area contributed by atoms with Gasteiger partial charge in [0.15, 0.2) is 0 Å². The van der Waals surface area contributed by atoms with Gasteiger partial charge in [-0.2, -0.15) is 0 Å². The third kappa shape index (κ3) is 3.10. The Labute approximate surface area is 150 Å². The highest BCUT2D eigenvalue weighted by atomic mass is 16.3. The summed E-state index contributed by atoms with van der Waals surface area (Å²) in [5, 5.41) is 3.74. The first-order valence-corrected chi connectivity index (χ1v) is 9.06. The number of rotatable bonds is 4. The maximum Gasteiger partial charge on any atom is 0.294 e. The molecule has 1 fully saturated rings. The molecule has 2 aromatic heterocycles. The molecular weight excluding hydrogens is 332 g/mol. The summed E-state index contributed by atoms with van der Waals surface area (Å²) in [7, 11) is 0. The Morgan fingerprint density at radius 3 is 3.12 bits per heavy atom. The smallest absolute Gasteiger partial charge is 0.294 e. The number of carbonyl (C=O) groups excluding carboxylic acids is 1. The van der Waals surface area contributed by atoms with Crippen molar-refractivity contribution < 1.29 is 9.21 Å². The van der Waals surface area contributed by atoms with E-state index in [0.29, 0.717) is 36.6 Å². The fraction of sp³-hybridized carbons (Fsp3) is 0.421. The number of amides is 1. The standard InChI is InChI=1S/C19H22N4O3/c1-2-20-18(24)12-6-5-9-23(10-12)11-15-21-16-13-7-3-4-8-14(13)26-17(16)19(25)22-15/h3-4,7-8,12H,2,5-6,9-11H2,1H3,(H,20,24)(H,21,22,25). The number of nitrogens with one attached hydrogen (secondary N) is 2. The SMILES string of the molecule is CCNC(=O)C1CCCN(Cc2nc3c(oc4ccccc43)c(=O)[nH]2)C1. The van der Waals surface area contributed by atoms with Crippen LogP contribution >= 0.6 is 0 Å². The van der Waals surface area contributed by atoms with Gasteiger partial charge in [-0.3, -0.25) is 14.5 Å². The summed E-state index contributed by atoms with van der Waals surface area (Å²) >= 11 is 0. The quantitative estimate of drug-likeness (QED) is 0.748. The minimum absolute atomic E-state index is 0.00564. The van der Waals surface area contributed by atoms with Gasteiger partial charge in [0.1, 0.15) is 16.9 Å². The molecule has 1 atom stereocenters. The Morgan fingerprint density at radius 2 is 2.27 bits per heavy atom. The van der Waals surface area contributed by atoms with Crippen LogP contribution in [-0.2, 0) is 11.3 Å². The van der Waals surface area contributed by atoms with E-state index in [-0.39, 0.29) is 23.0 Å². The van der Waals surface area contributed by atoms with Crippen LogP contribution < -0.4 is 10.9 Å². The molecule has 0 spiro atoms. The van der Waals surface area contributed by atoms with Gasteiger partial charge < -0.3 is 14.7 Å². The van der Waals surface area contributed by atoms with Crippen LogP contribution in [0.25, 0.3) is 22.1 Å². The van der Waals surface area contributed by atoms with Crippen LogP contribution in [0.2, 0.25) is 0 Å². The van der Waals surface area contributed by atoms with E-state index in [1.54, 1.807) is 0 Å². The molecule has 1 aromatic carbocycles. The normalized spacial score (nSPS) is 18.4. The van der Waals surface area contributed by atoms with Crippen molar-refractivity contribution in [3.05, 3.63) is 40.4 Å². The van der Waals surface area contributed by atoms with Crippen molar-refractivity contribution in [2.75, 3.05) is 19.6 Å². The van der Waals surface area contributed by atoms with Gasteiger partial charge in [-0.05, 0) is 38.4 Å². The molecule has 2 N–H and O–H groups in total. The maximum absolute atomic E-state index is 12.4. The molecule has 26 heavy (non-hydrogen) atoms. The Bertz CT molecular complexity index is 1010. The molecule has 1 unspecified atom stereocenters. The summed E-state index contributed by atoms with van der Waals surface area (Å²) in [6.07, 6.45) is 1.86. The molecular formula is C19H22N4O3. The molecule has 3 heterocycles. The third-order valence-corrected chi connectivity index (χ3v) is 4.88. The minimum atomic E-state index is -0.265. The zero-order chi connectivity index (χ0) is 18.1. The Hall–Kier alpha value is -2.67. The zero-order valence-electron chi connectivity index (χ0n) is 14.7. The molecule has 3 aromatic rings. The number of H-pyrrole nitrogens is 1. The number of nitrogens with zero attached hydrogens (tertiary/aromatic N) is 2. The first-order chi connectivity index (χ1) is 12.7. The predicted octanol–water partition coefficient (Wildman–Crippen LogP) is 2.02. The van der Waals surface area contributed by atoms with Crippen LogP contribution in [0, 0.1) is 5.92 Å². The molecule has 7 nitrogen and oxygen atoms in total. The highest BCUT2D eigenvalue weighted by Crippen LogP contribution is 2.25. The lowest BCUT2D eigenvalue weighted by Gasteiger charge is -2.31. The highest BCUT2D eigenvalue weighted by molar-refractivity contribution is 6.01. The van der Waals surface area contributed by atoms with Crippen molar-refractivity contribution in [1.82, 2.24) is 20.2 Å². The average Bonchev–Trinajstić information content (AvgIpc) is 3.02. The summed E-state index contributed by atoms with van der Waals surface area (Å²) in [6.45, 7) is 4.66. The molecule has 136 valence electrons. The molecule has 0 bridgehead atoms. The van der Waals surface area contributed by atoms with Crippen molar-refractivity contribution >= 4 is 28.0 Å². The van der Waals surface area contributed by atoms with Crippen molar-refractivity contribution in [2.45, 2.75) is 26.3 Å². The number of para-hydroxylation sites is 1. The number of furan rings is 1. The topological polar surface area (TPSA) is 91.2 Å². The van der Waals surface area contributed by atoms with Gasteiger partial charge in [0.25, 0.3) is 5.56 Å². The summed E-state index contributed by atoms with van der Waals surface area (Å²) in [6, 6.07) is 7.51. The first kappa shape index (κ1) is 16.8. The molecule has 0 radical (unpaired) electrons. The number of aromatic nitrogens is 2. The van der Waals surface area contributed by atoms with Crippen molar-refractivity contribution in [1.29, 1.82) is 0 Å². The van der Waals surface area contributed by atoms with E-state index in [0.717, 1.165) is 24.8 Å². The van der Waals surface area contributed by atoms with E-state index in [1.165, 1.54) is 0 Å². The first-order valence-electron chi connectivity index (χ1n) is 9.06. The van der Waals surface area contributed by atoms with Crippen LogP contribution in [0.1, 0.15) is 25.6 Å². The van der Waals surface area contributed by atoms with Crippen molar-refractivity contribution in [2.24, 2.45) is 5.92 Å². The molecule has 1 saturated heterocycles. The molecule has 0 saturated carbocycles. The van der Waals surface area contributed by atoms with Crippen molar-refractivity contribution in [3.8, 4) is 0 Å². The van der Waals surface area contributed by atoms with Gasteiger partial charge in [0.2, 0.25) is 11.5 Å². The van der Waals surface area contributed by atoms with Crippen LogP contribution in [-0.4, -0.2) is 40.4 Å². The van der Waals surface area contributed by atoms with E-state index in [1.807, 2.05) is 31.2 Å². The molecule has 1 aliphatic heterocycles. The number of carbonyl (C=O) groups is 1. The molecule has 0 aliphatic carbocycles. The predicted molar refractivity (Wildman–Crippen MR) is 98.8 cm³/mol. The third-order valence-electron chi connectivity index (χ3n) is 4.88. The highest BCUT2D eigenvalue weighted by Gasteiger charge is 2.26. The second-order valence-corrected chi connectivity index (χ2v) is 6.76. The van der Waals surface area contributed by atoms with Gasteiger partial charge in [-0.25, -0.2) is 4.98 Å². The van der Waals surface area contributed by atoms with Crippen LogP contribution in [0.4, 0.5) is 0 Å². The van der Waals surface area contributed by atoms with E-state index < -0.39 is 0 Å². The molecule has 1 amide bonds. The number of likely N-dealkylation sites (tertiary alicyclic amines) is 1. The van der Waals surface area contributed by atoms with Gasteiger partial charge in [0, 0.05) is 18.5 Å². The number of aromatic amines is 1. The molecule has 7 heteroatoms. The van der Waals surface area contributed by atoms with Gasteiger partial charge in [0.05, 0.1) is 12.5 Å². The molecule has 1 aliphatic rings. The van der Waals surface area contributed by atoms with E-state index in [9.17, 15) is 9.59 Å². The summed E-state index contributed by atoms with van der Waals surface area (Å²) < 4.78 is 5.63. The average molecular weight is 354 g/mol. The second-order valence-electron chi connectivity index (χ2n) is 6.76. The lowest BCUT2D eigenvalue weighted by molar-refractivity contribution is -0.126. The number of benzene rings is 1. The number of fused-ring (bicyclic) bond motifs is 3. The molecule has 4 rings (SSSR count). The fourth-order valence-electron chi connectivity index (χ4n) is 3.67. The van der Waals surface area contributed by atoms with Crippen LogP contribution in [0.15, 0.2) is 33.5 Å². The lowest BCUT2D eigenvalue weighted by Crippen LogP contribution is -2.43. The number of hydrogen-bond donors (Lipinski definition) is 2. The summed E-state index contributed by atoms with van der Waals surface area (Å²) in [4.78, 5) is 34.1. The van der Waals surface area contributed by atoms with Gasteiger partial charge in [-0.1, -0.05) is 12.1 Å². The number of hydrogen-bond acceptors (Lipinski definition) is 5. The largest absolute Gasteiger partial charge is 0.449 e. The Kier molecular flexibility index (Phi) is 4.46. The monoisotopic (exact) mass is 354 g/mol. The van der Waals surface area contributed by atoms with Crippen LogP contribution in [0.3, 0.4) is 0 Å². The van der Waals surface area contributed by atoms with E-state index in [4.69, 9.17) is 4.42 Å². The lowest BCUT2D eigenvalue weighted by atomic mass is 9.97. The van der Waals surface area contributed by atoms with Gasteiger partial charge in [-0.15, -0.1) is 0 Å². The Balaban J connectivity index is 1.60. The summed E-state index contributed by atoms with van der Waals surface area (Å²) in [5.74, 6) is 0.703. The van der Waals surface area contributed by atoms with E-state index in [2.05, 4.69) is 20.2 Å². The number of piperidine rings is 1. The minimum Gasteiger partial charge on any atom is -0.449 e. The fourth-order valence-corrected chi connectivity index (χ4v) is 3.67.